The zero-order valence-corrected chi connectivity index (χ0v) is 29.0. The number of rotatable bonds is 11. The standard InChI is InChI=1S/C38H43N11O2/c1-51-35-13-12-31(49-29-40-42-43-49)26-32(35)36(50)47-20-15-38(27-47,30-8-3-2-4-9-30)14-19-44-17-7-18-46(24-22-44)37-41-33-10-5-6-11-34(33)48(37)25-23-45-21-16-39-28-45/h2-6,8-13,16,21,26,28-29H,7,14-15,17-20,22-25,27H2,1H3. The number of benzene rings is 3. The number of ether oxygens (including phenoxy) is 1. The van der Waals surface area contributed by atoms with Gasteiger partial charge in [0.15, 0.2) is 0 Å². The van der Waals surface area contributed by atoms with Crippen molar-refractivity contribution in [1.29, 1.82) is 0 Å². The Morgan fingerprint density at radius 2 is 1.78 bits per heavy atom. The molecule has 1 unspecified atom stereocenters. The van der Waals surface area contributed by atoms with Crippen molar-refractivity contribution in [3.8, 4) is 11.4 Å². The summed E-state index contributed by atoms with van der Waals surface area (Å²) in [5.74, 6) is 1.54. The maximum atomic E-state index is 14.2. The summed E-state index contributed by atoms with van der Waals surface area (Å²) in [5.41, 5.74) is 4.56. The van der Waals surface area contributed by atoms with Crippen LogP contribution in [0, 0.1) is 0 Å². The predicted molar refractivity (Wildman–Crippen MR) is 194 cm³/mol. The Kier molecular flexibility index (Phi) is 9.18. The first-order valence-corrected chi connectivity index (χ1v) is 17.7. The van der Waals surface area contributed by atoms with Crippen LogP contribution in [-0.4, -0.2) is 108 Å². The number of aryl methyl sites for hydroxylation is 2. The fourth-order valence-corrected chi connectivity index (χ4v) is 7.80. The van der Waals surface area contributed by atoms with Crippen molar-refractivity contribution in [2.75, 3.05) is 57.8 Å². The monoisotopic (exact) mass is 685 g/mol. The Morgan fingerprint density at radius 3 is 2.61 bits per heavy atom. The van der Waals surface area contributed by atoms with Gasteiger partial charge in [0.2, 0.25) is 5.95 Å². The lowest BCUT2D eigenvalue weighted by Crippen LogP contribution is -2.39. The largest absolute Gasteiger partial charge is 0.496 e. The number of imidazole rings is 2. The third-order valence-electron chi connectivity index (χ3n) is 10.6. The molecule has 0 bridgehead atoms. The number of para-hydroxylation sites is 2. The van der Waals surface area contributed by atoms with E-state index in [0.29, 0.717) is 30.1 Å². The van der Waals surface area contributed by atoms with Gasteiger partial charge in [-0.05, 0) is 78.7 Å². The summed E-state index contributed by atoms with van der Waals surface area (Å²) in [6.45, 7) is 7.81. The Bertz CT molecular complexity index is 2060. The molecule has 2 aliphatic heterocycles. The van der Waals surface area contributed by atoms with Crippen LogP contribution in [0.3, 0.4) is 0 Å². The van der Waals surface area contributed by atoms with Crippen molar-refractivity contribution in [2.45, 2.75) is 37.8 Å². The topological polar surface area (TPSA) is 115 Å². The van der Waals surface area contributed by atoms with E-state index in [1.54, 1.807) is 11.8 Å². The Balaban J connectivity index is 0.976. The lowest BCUT2D eigenvalue weighted by molar-refractivity contribution is 0.0777. The van der Waals surface area contributed by atoms with Crippen LogP contribution in [0.5, 0.6) is 5.75 Å². The maximum absolute atomic E-state index is 14.2. The van der Waals surface area contributed by atoms with Gasteiger partial charge in [-0.2, -0.15) is 0 Å². The van der Waals surface area contributed by atoms with Crippen LogP contribution in [0.25, 0.3) is 16.7 Å². The average Bonchev–Trinajstić information content (AvgIpc) is 4.00. The second-order valence-electron chi connectivity index (χ2n) is 13.5. The first-order chi connectivity index (χ1) is 25.1. The minimum atomic E-state index is -0.148. The third-order valence-corrected chi connectivity index (χ3v) is 10.6. The van der Waals surface area contributed by atoms with E-state index in [1.165, 1.54) is 17.4 Å². The highest BCUT2D eigenvalue weighted by Gasteiger charge is 2.42. The molecule has 2 aliphatic rings. The van der Waals surface area contributed by atoms with E-state index >= 15 is 0 Å². The van der Waals surface area contributed by atoms with Crippen molar-refractivity contribution in [1.82, 2.24) is 49.1 Å². The number of hydrogen-bond acceptors (Lipinski definition) is 9. The minimum Gasteiger partial charge on any atom is -0.496 e. The van der Waals surface area contributed by atoms with E-state index in [1.807, 2.05) is 41.8 Å². The molecule has 8 rings (SSSR count). The number of aromatic nitrogens is 8. The SMILES string of the molecule is COc1ccc(-n2cnnn2)cc1C(=O)N1CCC(CCN2CCCN(c3nc4ccccc4n3CCn3ccnc3)CC2)(c2ccccc2)C1. The van der Waals surface area contributed by atoms with Crippen LogP contribution in [0.2, 0.25) is 0 Å². The number of nitrogens with zero attached hydrogens (tertiary/aromatic N) is 11. The lowest BCUT2D eigenvalue weighted by atomic mass is 9.76. The van der Waals surface area contributed by atoms with Crippen molar-refractivity contribution in [3.63, 3.8) is 0 Å². The smallest absolute Gasteiger partial charge is 0.257 e. The average molecular weight is 686 g/mol. The highest BCUT2D eigenvalue weighted by Crippen LogP contribution is 2.39. The summed E-state index contributed by atoms with van der Waals surface area (Å²) in [6, 6.07) is 24.7. The van der Waals surface area contributed by atoms with Gasteiger partial charge < -0.3 is 28.6 Å². The van der Waals surface area contributed by atoms with E-state index in [-0.39, 0.29) is 11.3 Å². The van der Waals surface area contributed by atoms with Crippen molar-refractivity contribution in [2.24, 2.45) is 0 Å². The molecule has 0 saturated carbocycles. The van der Waals surface area contributed by atoms with Gasteiger partial charge in [0, 0.05) is 63.6 Å². The van der Waals surface area contributed by atoms with Crippen molar-refractivity contribution < 1.29 is 9.53 Å². The van der Waals surface area contributed by atoms with Gasteiger partial charge in [-0.25, -0.2) is 14.6 Å². The van der Waals surface area contributed by atoms with Gasteiger partial charge in [-0.15, -0.1) is 5.10 Å². The number of fused-ring (bicyclic) bond motifs is 1. The number of methoxy groups -OCH3 is 1. The zero-order chi connectivity index (χ0) is 34.6. The molecule has 1 atom stereocenters. The van der Waals surface area contributed by atoms with E-state index in [2.05, 4.69) is 94.0 Å². The summed E-state index contributed by atoms with van der Waals surface area (Å²) < 4.78 is 11.7. The molecule has 13 heteroatoms. The second-order valence-corrected chi connectivity index (χ2v) is 13.5. The molecule has 262 valence electrons. The fraction of sp³-hybridized carbons (Fsp3) is 0.368. The normalized spacial score (nSPS) is 18.4. The first kappa shape index (κ1) is 32.6. The molecule has 2 saturated heterocycles. The number of carbonyl (C=O) groups is 1. The Hall–Kier alpha value is -5.56. The van der Waals surface area contributed by atoms with Crippen LogP contribution in [0.15, 0.2) is 97.8 Å². The lowest BCUT2D eigenvalue weighted by Gasteiger charge is -2.33. The number of amides is 1. The van der Waals surface area contributed by atoms with Crippen LogP contribution >= 0.6 is 0 Å². The van der Waals surface area contributed by atoms with E-state index in [4.69, 9.17) is 9.72 Å². The molecule has 5 heterocycles. The van der Waals surface area contributed by atoms with Gasteiger partial charge in [0.05, 0.1) is 35.7 Å². The molecule has 3 aromatic carbocycles. The Labute approximate surface area is 297 Å². The fourth-order valence-electron chi connectivity index (χ4n) is 7.80. The summed E-state index contributed by atoms with van der Waals surface area (Å²) in [7, 11) is 1.60. The molecule has 0 spiro atoms. The quantitative estimate of drug-likeness (QED) is 0.197. The number of likely N-dealkylation sites (tertiary alicyclic amines) is 1. The van der Waals surface area contributed by atoms with E-state index in [0.717, 1.165) is 76.5 Å². The number of anilines is 1. The van der Waals surface area contributed by atoms with Crippen LogP contribution in [0.1, 0.15) is 35.2 Å². The molecule has 3 aromatic heterocycles. The summed E-state index contributed by atoms with van der Waals surface area (Å²) in [4.78, 5) is 30.6. The molecule has 0 aliphatic carbocycles. The molecule has 6 aromatic rings. The number of carbonyl (C=O) groups excluding carboxylic acids is 1. The van der Waals surface area contributed by atoms with Gasteiger partial charge in [-0.1, -0.05) is 42.5 Å². The van der Waals surface area contributed by atoms with Gasteiger partial charge in [-0.3, -0.25) is 4.79 Å². The summed E-state index contributed by atoms with van der Waals surface area (Å²) >= 11 is 0. The molecule has 0 radical (unpaired) electrons. The van der Waals surface area contributed by atoms with Gasteiger partial charge >= 0.3 is 0 Å². The number of tetrazole rings is 1. The highest BCUT2D eigenvalue weighted by molar-refractivity contribution is 5.98. The second kappa shape index (κ2) is 14.4. The third kappa shape index (κ3) is 6.68. The van der Waals surface area contributed by atoms with Crippen LogP contribution < -0.4 is 9.64 Å². The molecule has 51 heavy (non-hydrogen) atoms. The van der Waals surface area contributed by atoms with Gasteiger partial charge in [0.1, 0.15) is 12.1 Å². The van der Waals surface area contributed by atoms with E-state index in [9.17, 15) is 4.79 Å². The highest BCUT2D eigenvalue weighted by atomic mass is 16.5. The number of hydrogen-bond donors (Lipinski definition) is 0. The zero-order valence-electron chi connectivity index (χ0n) is 29.0. The minimum absolute atomic E-state index is 0.0408. The molecule has 0 N–H and O–H groups in total. The van der Waals surface area contributed by atoms with Crippen LogP contribution in [0.4, 0.5) is 5.95 Å². The van der Waals surface area contributed by atoms with Crippen molar-refractivity contribution >= 4 is 22.9 Å². The van der Waals surface area contributed by atoms with Crippen molar-refractivity contribution in [3.05, 3.63) is 109 Å². The molecule has 1 amide bonds. The Morgan fingerprint density at radius 1 is 0.902 bits per heavy atom. The molecular formula is C38H43N11O2. The van der Waals surface area contributed by atoms with Gasteiger partial charge in [0.25, 0.3) is 5.91 Å². The van der Waals surface area contributed by atoms with E-state index < -0.39 is 0 Å². The maximum Gasteiger partial charge on any atom is 0.257 e. The summed E-state index contributed by atoms with van der Waals surface area (Å²) in [5, 5.41) is 11.5. The molecule has 2 fully saturated rings. The first-order valence-electron chi connectivity index (χ1n) is 17.7. The summed E-state index contributed by atoms with van der Waals surface area (Å²) in [6.07, 6.45) is 10.2. The predicted octanol–water partition coefficient (Wildman–Crippen LogP) is 4.30. The molecular weight excluding hydrogens is 642 g/mol. The van der Waals surface area contributed by atoms with Crippen LogP contribution in [-0.2, 0) is 18.5 Å². The molecule has 13 nitrogen and oxygen atoms in total.